The van der Waals surface area contributed by atoms with Crippen LogP contribution in [-0.4, -0.2) is 0 Å². The van der Waals surface area contributed by atoms with Gasteiger partial charge in [-0.05, 0) is 81.2 Å². The molecule has 0 radical (unpaired) electrons. The van der Waals surface area contributed by atoms with Crippen LogP contribution in [-0.2, 0) is 0 Å². The van der Waals surface area contributed by atoms with Crippen molar-refractivity contribution >= 4 is 70.1 Å². The van der Waals surface area contributed by atoms with E-state index < -0.39 is 0 Å². The maximum Gasteiger partial charge on any atom is 0.0468 e. The predicted octanol–water partition coefficient (Wildman–Crippen LogP) is 11.5. The fourth-order valence-corrected chi connectivity index (χ4v) is 7.03. The fourth-order valence-electron chi connectivity index (χ4n) is 5.87. The first-order chi connectivity index (χ1) is 19.8. The summed E-state index contributed by atoms with van der Waals surface area (Å²) in [4.78, 5) is 2.33. The lowest BCUT2D eigenvalue weighted by atomic mass is 10.0. The molecular weight excluding hydrogens is 502 g/mol. The Labute approximate surface area is 237 Å². The van der Waals surface area contributed by atoms with Crippen molar-refractivity contribution < 1.29 is 0 Å². The monoisotopic (exact) mass is 527 g/mol. The van der Waals surface area contributed by atoms with E-state index in [-0.39, 0.29) is 0 Å². The highest BCUT2D eigenvalue weighted by Crippen LogP contribution is 2.41. The van der Waals surface area contributed by atoms with Gasteiger partial charge in [-0.1, -0.05) is 103 Å². The van der Waals surface area contributed by atoms with Crippen molar-refractivity contribution in [3.63, 3.8) is 0 Å². The van der Waals surface area contributed by atoms with Gasteiger partial charge in [0, 0.05) is 37.2 Å². The molecule has 2 heteroatoms. The van der Waals surface area contributed by atoms with Crippen LogP contribution < -0.4 is 4.90 Å². The first-order valence-corrected chi connectivity index (χ1v) is 14.4. The molecule has 0 aliphatic heterocycles. The van der Waals surface area contributed by atoms with Gasteiger partial charge in [-0.3, -0.25) is 0 Å². The minimum Gasteiger partial charge on any atom is -0.310 e. The molecule has 7 aromatic carbocycles. The van der Waals surface area contributed by atoms with E-state index in [0.29, 0.717) is 0 Å². The number of rotatable bonds is 4. The van der Waals surface area contributed by atoms with Crippen LogP contribution in [0.25, 0.3) is 52.8 Å². The quantitative estimate of drug-likeness (QED) is 0.220. The van der Waals surface area contributed by atoms with E-state index in [1.165, 1.54) is 52.8 Å². The first kappa shape index (κ1) is 23.0. The van der Waals surface area contributed by atoms with E-state index in [2.05, 4.69) is 157 Å². The lowest BCUT2D eigenvalue weighted by Gasteiger charge is -2.26. The van der Waals surface area contributed by atoms with Crippen LogP contribution in [0.2, 0.25) is 0 Å². The Morgan fingerprint density at radius 1 is 0.375 bits per heavy atom. The van der Waals surface area contributed by atoms with E-state index in [1.807, 2.05) is 11.3 Å². The maximum absolute atomic E-state index is 2.35. The van der Waals surface area contributed by atoms with Gasteiger partial charge in [-0.25, -0.2) is 0 Å². The zero-order chi connectivity index (χ0) is 26.5. The average Bonchev–Trinajstić information content (AvgIpc) is 3.40. The smallest absolute Gasteiger partial charge is 0.0468 e. The second kappa shape index (κ2) is 9.37. The van der Waals surface area contributed by atoms with Crippen molar-refractivity contribution in [2.75, 3.05) is 4.90 Å². The summed E-state index contributed by atoms with van der Waals surface area (Å²) in [6, 6.07) is 54.9. The molecule has 0 unspecified atom stereocenters. The third-order valence-corrected chi connectivity index (χ3v) is 8.94. The summed E-state index contributed by atoms with van der Waals surface area (Å²) >= 11 is 1.88. The van der Waals surface area contributed by atoms with E-state index in [1.54, 1.807) is 0 Å². The second-order valence-electron chi connectivity index (χ2n) is 10.2. The lowest BCUT2D eigenvalue weighted by molar-refractivity contribution is 1.29. The van der Waals surface area contributed by atoms with Gasteiger partial charge < -0.3 is 4.90 Å². The highest BCUT2D eigenvalue weighted by atomic mass is 32.1. The summed E-state index contributed by atoms with van der Waals surface area (Å²) in [5.74, 6) is 0. The van der Waals surface area contributed by atoms with Crippen molar-refractivity contribution in [3.8, 4) is 11.1 Å². The van der Waals surface area contributed by atoms with Gasteiger partial charge in [0.1, 0.15) is 0 Å². The van der Waals surface area contributed by atoms with E-state index in [4.69, 9.17) is 0 Å². The van der Waals surface area contributed by atoms with Crippen LogP contribution >= 0.6 is 11.3 Å². The maximum atomic E-state index is 2.35. The van der Waals surface area contributed by atoms with Gasteiger partial charge in [0.15, 0.2) is 0 Å². The number of thiophene rings is 1. The topological polar surface area (TPSA) is 3.24 Å². The van der Waals surface area contributed by atoms with Gasteiger partial charge in [0.25, 0.3) is 0 Å². The number of nitrogens with zero attached hydrogens (tertiary/aromatic N) is 1. The van der Waals surface area contributed by atoms with E-state index in [0.717, 1.165) is 17.1 Å². The van der Waals surface area contributed by atoms with Crippen molar-refractivity contribution in [1.29, 1.82) is 0 Å². The Hall–Kier alpha value is -4.92. The van der Waals surface area contributed by atoms with Crippen molar-refractivity contribution in [3.05, 3.63) is 152 Å². The zero-order valence-electron chi connectivity index (χ0n) is 21.8. The molecule has 0 saturated carbocycles. The second-order valence-corrected chi connectivity index (χ2v) is 11.3. The Kier molecular flexibility index (Phi) is 5.39. The van der Waals surface area contributed by atoms with Crippen molar-refractivity contribution in [1.82, 2.24) is 0 Å². The van der Waals surface area contributed by atoms with E-state index in [9.17, 15) is 0 Å². The van der Waals surface area contributed by atoms with Crippen LogP contribution in [0.4, 0.5) is 17.1 Å². The minimum atomic E-state index is 1.14. The summed E-state index contributed by atoms with van der Waals surface area (Å²) < 4.78 is 2.67. The van der Waals surface area contributed by atoms with Crippen LogP contribution in [0.15, 0.2) is 152 Å². The van der Waals surface area contributed by atoms with Crippen LogP contribution in [0.5, 0.6) is 0 Å². The molecule has 1 heterocycles. The fraction of sp³-hybridized carbons (Fsp3) is 0. The average molecular weight is 528 g/mol. The number of hydrogen-bond donors (Lipinski definition) is 0. The largest absolute Gasteiger partial charge is 0.310 e. The molecule has 0 saturated heterocycles. The molecule has 0 fully saturated rings. The Morgan fingerprint density at radius 2 is 1.02 bits per heavy atom. The third-order valence-electron chi connectivity index (χ3n) is 7.83. The molecule has 1 nitrogen and oxygen atoms in total. The lowest BCUT2D eigenvalue weighted by Crippen LogP contribution is -2.09. The Morgan fingerprint density at radius 3 is 1.88 bits per heavy atom. The summed E-state index contributed by atoms with van der Waals surface area (Å²) in [6.07, 6.45) is 0. The van der Waals surface area contributed by atoms with Gasteiger partial charge >= 0.3 is 0 Å². The Bertz CT molecular complexity index is 2160. The Balaban J connectivity index is 1.20. The molecule has 40 heavy (non-hydrogen) atoms. The molecule has 0 amide bonds. The molecule has 8 aromatic rings. The standard InChI is InChI=1S/C38H25NS/c1-2-11-31(12-3-1)39(33-21-16-26-8-4-5-10-29(26)24-33)32-19-14-27(15-20-32)30-17-22-35-37(25-30)40-36-23-18-28-9-6-7-13-34(28)38(35)36/h1-25H. The molecule has 0 aliphatic rings. The SMILES string of the molecule is c1ccc(N(c2ccc(-c3ccc4c(c3)sc3ccc5ccccc5c34)cc2)c2ccc3ccccc3c2)cc1. The van der Waals surface area contributed by atoms with Crippen molar-refractivity contribution in [2.45, 2.75) is 0 Å². The van der Waals surface area contributed by atoms with Crippen LogP contribution in [0.3, 0.4) is 0 Å². The number of para-hydroxylation sites is 1. The molecule has 0 atom stereocenters. The van der Waals surface area contributed by atoms with Crippen molar-refractivity contribution in [2.24, 2.45) is 0 Å². The minimum absolute atomic E-state index is 1.14. The summed E-state index contributed by atoms with van der Waals surface area (Å²) in [5.41, 5.74) is 5.90. The summed E-state index contributed by atoms with van der Waals surface area (Å²) in [5, 5.41) is 7.82. The number of fused-ring (bicyclic) bond motifs is 6. The molecule has 188 valence electrons. The number of anilines is 3. The molecular formula is C38H25NS. The molecule has 0 aliphatic carbocycles. The highest BCUT2D eigenvalue weighted by molar-refractivity contribution is 7.26. The number of benzene rings is 7. The molecule has 0 spiro atoms. The first-order valence-electron chi connectivity index (χ1n) is 13.6. The van der Waals surface area contributed by atoms with E-state index >= 15 is 0 Å². The zero-order valence-corrected chi connectivity index (χ0v) is 22.6. The van der Waals surface area contributed by atoms with Crippen LogP contribution in [0, 0.1) is 0 Å². The highest BCUT2D eigenvalue weighted by Gasteiger charge is 2.14. The third kappa shape index (κ3) is 3.85. The normalized spacial score (nSPS) is 11.5. The van der Waals surface area contributed by atoms with Gasteiger partial charge in [-0.15, -0.1) is 11.3 Å². The van der Waals surface area contributed by atoms with Crippen LogP contribution in [0.1, 0.15) is 0 Å². The molecule has 0 bridgehead atoms. The summed E-state index contributed by atoms with van der Waals surface area (Å²) in [6.45, 7) is 0. The number of hydrogen-bond acceptors (Lipinski definition) is 2. The summed E-state index contributed by atoms with van der Waals surface area (Å²) in [7, 11) is 0. The predicted molar refractivity (Wildman–Crippen MR) is 174 cm³/mol. The van der Waals surface area contributed by atoms with Gasteiger partial charge in [0.05, 0.1) is 0 Å². The van der Waals surface area contributed by atoms with Gasteiger partial charge in [0.2, 0.25) is 0 Å². The molecule has 8 rings (SSSR count). The van der Waals surface area contributed by atoms with Gasteiger partial charge in [-0.2, -0.15) is 0 Å². The molecule has 1 aromatic heterocycles. The molecule has 0 N–H and O–H groups in total.